The summed E-state index contributed by atoms with van der Waals surface area (Å²) in [6, 6.07) is 80.3. The molecule has 9 aromatic carbocycles. The average Bonchev–Trinajstić information content (AvgIpc) is 3.70. The zero-order valence-electron chi connectivity index (χ0n) is 32.0. The summed E-state index contributed by atoms with van der Waals surface area (Å²) in [5.74, 6) is 0. The van der Waals surface area contributed by atoms with E-state index >= 15 is 0 Å². The minimum atomic E-state index is -0.519. The van der Waals surface area contributed by atoms with Crippen LogP contribution in [-0.4, -0.2) is 0 Å². The highest BCUT2D eigenvalue weighted by molar-refractivity contribution is 6.10. The van der Waals surface area contributed by atoms with Crippen LogP contribution in [0.25, 0.3) is 44.2 Å². The minimum Gasteiger partial charge on any atom is -0.309 e. The smallest absolute Gasteiger partial charge is 0.0714 e. The third kappa shape index (κ3) is 4.84. The molecular weight excluding hydrogens is 687 g/mol. The summed E-state index contributed by atoms with van der Waals surface area (Å²) in [6.07, 6.45) is 0. The lowest BCUT2D eigenvalue weighted by Crippen LogP contribution is -2.28. The van der Waals surface area contributed by atoms with Crippen molar-refractivity contribution in [2.75, 3.05) is 4.90 Å². The molecule has 0 atom stereocenters. The Bertz CT molecular complexity index is 2920. The van der Waals surface area contributed by atoms with E-state index in [1.54, 1.807) is 0 Å². The summed E-state index contributed by atoms with van der Waals surface area (Å²) in [6.45, 7) is 4.76. The Morgan fingerprint density at radius 3 is 1.79 bits per heavy atom. The zero-order chi connectivity index (χ0) is 38.1. The second-order valence-corrected chi connectivity index (χ2v) is 15.9. The Kier molecular flexibility index (Phi) is 7.40. The van der Waals surface area contributed by atoms with Gasteiger partial charge in [-0.15, -0.1) is 0 Å². The van der Waals surface area contributed by atoms with Gasteiger partial charge in [-0.05, 0) is 103 Å². The van der Waals surface area contributed by atoms with E-state index in [1.807, 2.05) is 12.1 Å². The van der Waals surface area contributed by atoms with Gasteiger partial charge in [-0.3, -0.25) is 0 Å². The maximum atomic E-state index is 3.31. The summed E-state index contributed by atoms with van der Waals surface area (Å²) in [5.41, 5.74) is 17.8. The molecule has 0 aromatic heterocycles. The highest BCUT2D eigenvalue weighted by Gasteiger charge is 2.46. The first-order valence-corrected chi connectivity index (χ1v) is 19.9. The molecule has 0 aliphatic heterocycles. The monoisotopic (exact) mass is 725 g/mol. The van der Waals surface area contributed by atoms with Crippen LogP contribution in [0, 0.1) is 12.1 Å². The van der Waals surface area contributed by atoms with Gasteiger partial charge in [-0.25, -0.2) is 0 Å². The van der Waals surface area contributed by atoms with Gasteiger partial charge in [0, 0.05) is 33.3 Å². The number of rotatable bonds is 6. The van der Waals surface area contributed by atoms with Crippen LogP contribution in [0.3, 0.4) is 0 Å². The van der Waals surface area contributed by atoms with Crippen LogP contribution < -0.4 is 4.90 Å². The van der Waals surface area contributed by atoms with Crippen molar-refractivity contribution in [2.24, 2.45) is 0 Å². The van der Waals surface area contributed by atoms with Gasteiger partial charge in [0.05, 0.1) is 11.1 Å². The van der Waals surface area contributed by atoms with Gasteiger partial charge in [0.25, 0.3) is 0 Å². The lowest BCUT2D eigenvalue weighted by Gasteiger charge is -2.35. The standard InChI is InChI=1S/C56H39N/c1-55(2)49-28-16-15-27-48(49)53-52(55)36-40-20-12-13-25-45(40)54(53)57(43-32-30-39(31-33-43)38-18-6-3-7-19-38)44-34-35-47-46-26-14-17-29-50(46)56(51(47)37-44,41-21-8-4-9-22-41)42-23-10-5-11-24-42/h3-6,8-18,20-37H,1-2H3. The van der Waals surface area contributed by atoms with Gasteiger partial charge in [0.2, 0.25) is 0 Å². The van der Waals surface area contributed by atoms with E-state index in [-0.39, 0.29) is 5.41 Å². The summed E-state index contributed by atoms with van der Waals surface area (Å²) in [7, 11) is 0. The van der Waals surface area contributed by atoms with Crippen LogP contribution in [0.1, 0.15) is 47.2 Å². The number of hydrogen-bond donors (Lipinski definition) is 0. The molecule has 0 heterocycles. The van der Waals surface area contributed by atoms with Gasteiger partial charge in [0.15, 0.2) is 0 Å². The Morgan fingerprint density at radius 1 is 0.456 bits per heavy atom. The third-order valence-electron chi connectivity index (χ3n) is 12.6. The van der Waals surface area contributed by atoms with E-state index in [4.69, 9.17) is 0 Å². The van der Waals surface area contributed by atoms with Crippen molar-refractivity contribution < 1.29 is 0 Å². The SMILES string of the molecule is CC1(C)c2ccccc2-c2c1cc1ccccc1c2N(c1ccc(-c2c#cccc2)cc1)c1ccc2c(c1)C(c1ccccc1)(c1ccccc1)c1ccccc1-2. The van der Waals surface area contributed by atoms with E-state index in [2.05, 4.69) is 219 Å². The van der Waals surface area contributed by atoms with Crippen LogP contribution in [-0.2, 0) is 10.8 Å². The third-order valence-corrected chi connectivity index (χ3v) is 12.6. The number of anilines is 3. The van der Waals surface area contributed by atoms with Gasteiger partial charge in [0.1, 0.15) is 0 Å². The molecule has 1 heteroatoms. The van der Waals surface area contributed by atoms with E-state index < -0.39 is 5.41 Å². The molecule has 0 saturated carbocycles. The topological polar surface area (TPSA) is 3.24 Å². The molecular formula is C56H39N. The zero-order valence-corrected chi connectivity index (χ0v) is 32.0. The largest absolute Gasteiger partial charge is 0.309 e. The molecule has 0 unspecified atom stereocenters. The molecule has 2 aliphatic carbocycles. The quantitative estimate of drug-likeness (QED) is 0.165. The van der Waals surface area contributed by atoms with Crippen LogP contribution >= 0.6 is 0 Å². The fraction of sp³-hybridized carbons (Fsp3) is 0.0714. The van der Waals surface area contributed by atoms with E-state index in [1.165, 1.54) is 72.1 Å². The Labute approximate surface area is 335 Å². The number of nitrogens with zero attached hydrogens (tertiary/aromatic N) is 1. The summed E-state index contributed by atoms with van der Waals surface area (Å²) in [5, 5.41) is 2.46. The molecule has 57 heavy (non-hydrogen) atoms. The molecule has 2 aliphatic rings. The second kappa shape index (κ2) is 12.7. The van der Waals surface area contributed by atoms with Crippen molar-refractivity contribution in [1.29, 1.82) is 0 Å². The van der Waals surface area contributed by atoms with E-state index in [0.717, 1.165) is 22.5 Å². The van der Waals surface area contributed by atoms with E-state index in [9.17, 15) is 0 Å². The van der Waals surface area contributed by atoms with Crippen LogP contribution in [0.15, 0.2) is 200 Å². The highest BCUT2D eigenvalue weighted by Crippen LogP contribution is 2.60. The molecule has 0 N–H and O–H groups in total. The maximum Gasteiger partial charge on any atom is 0.0714 e. The number of hydrogen-bond acceptors (Lipinski definition) is 1. The Hall–Kier alpha value is -7.14. The molecule has 0 spiro atoms. The molecule has 0 bridgehead atoms. The summed E-state index contributed by atoms with van der Waals surface area (Å²) in [4.78, 5) is 2.54. The van der Waals surface area contributed by atoms with Crippen molar-refractivity contribution >= 4 is 27.8 Å². The molecule has 268 valence electrons. The average molecular weight is 726 g/mol. The molecule has 0 fully saturated rings. The van der Waals surface area contributed by atoms with Gasteiger partial charge >= 0.3 is 0 Å². The fourth-order valence-corrected chi connectivity index (χ4v) is 10.0. The van der Waals surface area contributed by atoms with Gasteiger partial charge < -0.3 is 4.90 Å². The molecule has 11 rings (SSSR count). The first kappa shape index (κ1) is 33.2. The van der Waals surface area contributed by atoms with Crippen molar-refractivity contribution in [2.45, 2.75) is 24.7 Å². The summed E-state index contributed by atoms with van der Waals surface area (Å²) >= 11 is 0. The van der Waals surface area contributed by atoms with Crippen molar-refractivity contribution in [3.63, 3.8) is 0 Å². The second-order valence-electron chi connectivity index (χ2n) is 15.9. The first-order chi connectivity index (χ1) is 28.0. The predicted molar refractivity (Wildman–Crippen MR) is 237 cm³/mol. The number of benzene rings is 8. The van der Waals surface area contributed by atoms with Crippen molar-refractivity contribution in [3.05, 3.63) is 246 Å². The summed E-state index contributed by atoms with van der Waals surface area (Å²) < 4.78 is 0. The van der Waals surface area contributed by atoms with Crippen molar-refractivity contribution in [3.8, 4) is 33.4 Å². The predicted octanol–water partition coefficient (Wildman–Crippen LogP) is 14.2. The van der Waals surface area contributed by atoms with Crippen LogP contribution in [0.4, 0.5) is 17.1 Å². The lowest BCUT2D eigenvalue weighted by atomic mass is 9.67. The Morgan fingerprint density at radius 2 is 1.07 bits per heavy atom. The van der Waals surface area contributed by atoms with Crippen LogP contribution in [0.5, 0.6) is 0 Å². The minimum absolute atomic E-state index is 0.171. The normalized spacial score (nSPS) is 13.9. The molecule has 1 nitrogen and oxygen atoms in total. The molecule has 0 radical (unpaired) electrons. The molecule has 0 saturated heterocycles. The van der Waals surface area contributed by atoms with Crippen molar-refractivity contribution in [1.82, 2.24) is 0 Å². The van der Waals surface area contributed by atoms with Gasteiger partial charge in [-0.1, -0.05) is 184 Å². The Balaban J connectivity index is 1.24. The first-order valence-electron chi connectivity index (χ1n) is 19.9. The number of fused-ring (bicyclic) bond motifs is 7. The fourth-order valence-electron chi connectivity index (χ4n) is 10.0. The van der Waals surface area contributed by atoms with Gasteiger partial charge in [-0.2, -0.15) is 0 Å². The molecule has 9 aromatic rings. The van der Waals surface area contributed by atoms with Crippen LogP contribution in [0.2, 0.25) is 0 Å². The highest BCUT2D eigenvalue weighted by atomic mass is 15.1. The lowest BCUT2D eigenvalue weighted by molar-refractivity contribution is 0.661. The maximum absolute atomic E-state index is 3.31. The molecule has 0 amide bonds. The van der Waals surface area contributed by atoms with E-state index in [0.29, 0.717) is 0 Å².